The number of carbonyl (C=O) groups is 1. The highest BCUT2D eigenvalue weighted by molar-refractivity contribution is 7.99. The first-order valence-electron chi connectivity index (χ1n) is 7.39. The van der Waals surface area contributed by atoms with Gasteiger partial charge in [-0.25, -0.2) is 0 Å². The van der Waals surface area contributed by atoms with Gasteiger partial charge in [-0.1, -0.05) is 19.9 Å². The number of thioether (sulfide) groups is 1. The van der Waals surface area contributed by atoms with Gasteiger partial charge in [0.05, 0.1) is 0 Å². The van der Waals surface area contributed by atoms with E-state index in [4.69, 9.17) is 5.73 Å². The Morgan fingerprint density at radius 3 is 2.52 bits per heavy atom. The molecule has 0 aliphatic rings. The van der Waals surface area contributed by atoms with E-state index < -0.39 is 0 Å². The Labute approximate surface area is 133 Å². The van der Waals surface area contributed by atoms with Gasteiger partial charge in [0.25, 0.3) is 0 Å². The molecule has 0 unspecified atom stereocenters. The Morgan fingerprint density at radius 1 is 1.29 bits per heavy atom. The number of benzene rings is 1. The predicted molar refractivity (Wildman–Crippen MR) is 91.7 cm³/mol. The minimum absolute atomic E-state index is 0.0222. The fourth-order valence-corrected chi connectivity index (χ4v) is 2.98. The lowest BCUT2D eigenvalue weighted by atomic mass is 9.93. The van der Waals surface area contributed by atoms with Crippen LogP contribution in [-0.2, 0) is 4.79 Å². The smallest absolute Gasteiger partial charge is 0.223 e. The summed E-state index contributed by atoms with van der Waals surface area (Å²) in [7, 11) is 1.86. The summed E-state index contributed by atoms with van der Waals surface area (Å²) in [5.74, 6) is 1.00. The molecule has 2 N–H and O–H groups in total. The van der Waals surface area contributed by atoms with Gasteiger partial charge in [-0.2, -0.15) is 0 Å². The van der Waals surface area contributed by atoms with Crippen LogP contribution >= 0.6 is 11.8 Å². The van der Waals surface area contributed by atoms with Crippen LogP contribution in [0.3, 0.4) is 0 Å². The molecule has 0 spiro atoms. The molecule has 0 aromatic heterocycles. The molecular formula is C17H28N2OS. The second kappa shape index (κ2) is 7.85. The quantitative estimate of drug-likeness (QED) is 0.787. The van der Waals surface area contributed by atoms with E-state index in [2.05, 4.69) is 45.9 Å². The van der Waals surface area contributed by atoms with Crippen molar-refractivity contribution in [3.8, 4) is 0 Å². The zero-order valence-corrected chi connectivity index (χ0v) is 14.7. The average Bonchev–Trinajstić information content (AvgIpc) is 2.42. The third kappa shape index (κ3) is 6.10. The monoisotopic (exact) mass is 308 g/mol. The van der Waals surface area contributed by atoms with Crippen LogP contribution in [0.4, 0.5) is 0 Å². The number of nitrogens with two attached hydrogens (primary N) is 1. The summed E-state index contributed by atoms with van der Waals surface area (Å²) in [5, 5.41) is 0. The van der Waals surface area contributed by atoms with E-state index >= 15 is 0 Å². The number of hydrogen-bond donors (Lipinski definition) is 1. The minimum Gasteiger partial charge on any atom is -0.345 e. The minimum atomic E-state index is -0.0222. The van der Waals surface area contributed by atoms with Crippen molar-refractivity contribution in [3.05, 3.63) is 29.3 Å². The first-order valence-corrected chi connectivity index (χ1v) is 8.38. The number of hydrogen-bond acceptors (Lipinski definition) is 3. The molecule has 1 rings (SSSR count). The van der Waals surface area contributed by atoms with Gasteiger partial charge in [-0.15, -0.1) is 11.8 Å². The summed E-state index contributed by atoms with van der Waals surface area (Å²) in [5.41, 5.74) is 8.30. The van der Waals surface area contributed by atoms with Gasteiger partial charge in [-0.3, -0.25) is 4.79 Å². The van der Waals surface area contributed by atoms with Crippen molar-refractivity contribution in [3.63, 3.8) is 0 Å². The fourth-order valence-electron chi connectivity index (χ4n) is 2.05. The molecule has 1 aromatic carbocycles. The summed E-state index contributed by atoms with van der Waals surface area (Å²) < 4.78 is 0. The van der Waals surface area contributed by atoms with Gasteiger partial charge in [0.2, 0.25) is 5.91 Å². The molecule has 1 aromatic rings. The van der Waals surface area contributed by atoms with Crippen LogP contribution in [0.15, 0.2) is 23.1 Å². The summed E-state index contributed by atoms with van der Waals surface area (Å²) in [4.78, 5) is 15.2. The first-order chi connectivity index (χ1) is 9.75. The molecule has 0 aliphatic carbocycles. The van der Waals surface area contributed by atoms with Crippen molar-refractivity contribution in [2.75, 3.05) is 25.9 Å². The number of amides is 1. The second-order valence-electron chi connectivity index (χ2n) is 6.46. The van der Waals surface area contributed by atoms with Gasteiger partial charge in [-0.05, 0) is 49.1 Å². The van der Waals surface area contributed by atoms with Crippen LogP contribution in [0.5, 0.6) is 0 Å². The normalized spacial score (nSPS) is 11.5. The molecule has 0 bridgehead atoms. The highest BCUT2D eigenvalue weighted by Crippen LogP contribution is 2.22. The Bertz CT molecular complexity index is 486. The molecule has 118 valence electrons. The molecule has 1 amide bonds. The SMILES string of the molecule is Cc1ccc(SCCC(=O)N(C)CC(C)(C)CN)cc1C. The molecular weight excluding hydrogens is 280 g/mol. The zero-order valence-electron chi connectivity index (χ0n) is 13.9. The average molecular weight is 308 g/mol. The summed E-state index contributed by atoms with van der Waals surface area (Å²) in [6.45, 7) is 9.69. The molecule has 4 heteroatoms. The van der Waals surface area contributed by atoms with Crippen molar-refractivity contribution in [2.45, 2.75) is 39.0 Å². The molecule has 3 nitrogen and oxygen atoms in total. The zero-order chi connectivity index (χ0) is 16.0. The third-order valence-corrected chi connectivity index (χ3v) is 4.70. The maximum atomic E-state index is 12.1. The highest BCUT2D eigenvalue weighted by Gasteiger charge is 2.20. The fraction of sp³-hybridized carbons (Fsp3) is 0.588. The molecule has 0 fully saturated rings. The number of nitrogens with zero attached hydrogens (tertiary/aromatic N) is 1. The summed E-state index contributed by atoms with van der Waals surface area (Å²) >= 11 is 1.74. The van der Waals surface area contributed by atoms with Crippen molar-refractivity contribution in [1.82, 2.24) is 4.90 Å². The van der Waals surface area contributed by atoms with E-state index in [0.29, 0.717) is 19.5 Å². The van der Waals surface area contributed by atoms with Crippen molar-refractivity contribution in [2.24, 2.45) is 11.1 Å². The van der Waals surface area contributed by atoms with Gasteiger partial charge in [0, 0.05) is 30.7 Å². The second-order valence-corrected chi connectivity index (χ2v) is 7.63. The van der Waals surface area contributed by atoms with Gasteiger partial charge >= 0.3 is 0 Å². The van der Waals surface area contributed by atoms with Crippen molar-refractivity contribution in [1.29, 1.82) is 0 Å². The number of aryl methyl sites for hydroxylation is 2. The Hall–Kier alpha value is -1.00. The summed E-state index contributed by atoms with van der Waals surface area (Å²) in [6.07, 6.45) is 0.564. The van der Waals surface area contributed by atoms with Gasteiger partial charge in [0.1, 0.15) is 0 Å². The predicted octanol–water partition coefficient (Wildman–Crippen LogP) is 3.23. The van der Waals surface area contributed by atoms with Crippen LogP contribution in [0.2, 0.25) is 0 Å². The van der Waals surface area contributed by atoms with Crippen LogP contribution in [0.25, 0.3) is 0 Å². The largest absolute Gasteiger partial charge is 0.345 e. The molecule has 0 heterocycles. The van der Waals surface area contributed by atoms with E-state index in [1.165, 1.54) is 16.0 Å². The highest BCUT2D eigenvalue weighted by atomic mass is 32.2. The van der Waals surface area contributed by atoms with E-state index in [0.717, 1.165) is 5.75 Å². The lowest BCUT2D eigenvalue weighted by Crippen LogP contribution is -2.39. The Morgan fingerprint density at radius 2 is 1.95 bits per heavy atom. The van der Waals surface area contributed by atoms with Gasteiger partial charge < -0.3 is 10.6 Å². The molecule has 0 saturated carbocycles. The number of carbonyl (C=O) groups excluding carboxylic acids is 1. The standard InChI is InChI=1S/C17H28N2OS/c1-13-6-7-15(10-14(13)2)21-9-8-16(20)19(5)12-17(3,4)11-18/h6-7,10H,8-9,11-12,18H2,1-5H3. The van der Waals surface area contributed by atoms with Crippen LogP contribution in [-0.4, -0.2) is 36.7 Å². The molecule has 0 atom stereocenters. The maximum absolute atomic E-state index is 12.1. The Kier molecular flexibility index (Phi) is 6.75. The molecule has 0 aliphatic heterocycles. The topological polar surface area (TPSA) is 46.3 Å². The van der Waals surface area contributed by atoms with E-state index in [-0.39, 0.29) is 11.3 Å². The molecule has 0 saturated heterocycles. The van der Waals surface area contributed by atoms with Gasteiger partial charge in [0.15, 0.2) is 0 Å². The van der Waals surface area contributed by atoms with E-state index in [9.17, 15) is 4.79 Å². The van der Waals surface area contributed by atoms with Crippen LogP contribution < -0.4 is 5.73 Å². The molecule has 21 heavy (non-hydrogen) atoms. The van der Waals surface area contributed by atoms with Crippen molar-refractivity contribution >= 4 is 17.7 Å². The third-order valence-electron chi connectivity index (χ3n) is 3.71. The molecule has 0 radical (unpaired) electrons. The first kappa shape index (κ1) is 18.1. The van der Waals surface area contributed by atoms with E-state index in [1.807, 2.05) is 7.05 Å². The lowest BCUT2D eigenvalue weighted by Gasteiger charge is -2.29. The lowest BCUT2D eigenvalue weighted by molar-refractivity contribution is -0.130. The van der Waals surface area contributed by atoms with E-state index in [1.54, 1.807) is 16.7 Å². The summed E-state index contributed by atoms with van der Waals surface area (Å²) in [6, 6.07) is 6.44. The maximum Gasteiger partial charge on any atom is 0.223 e. The van der Waals surface area contributed by atoms with Crippen LogP contribution in [0, 0.1) is 19.3 Å². The van der Waals surface area contributed by atoms with Crippen LogP contribution in [0.1, 0.15) is 31.4 Å². The Balaban J connectivity index is 2.41. The number of rotatable bonds is 7. The van der Waals surface area contributed by atoms with Crippen molar-refractivity contribution < 1.29 is 4.79 Å².